The molecule has 5 N–H and O–H groups in total. The molecule has 17 heteroatoms. The molecule has 36 heavy (non-hydrogen) atoms. The third kappa shape index (κ3) is 7.08. The van der Waals surface area contributed by atoms with Crippen LogP contribution in [0.2, 0.25) is 0 Å². The summed E-state index contributed by atoms with van der Waals surface area (Å²) in [5, 5.41) is 10.6. The number of alkyl halides is 1. The second kappa shape index (κ2) is 12.1. The van der Waals surface area contributed by atoms with Crippen LogP contribution >= 0.6 is 42.1 Å². The number of methoxy groups -OCH3 is 1. The van der Waals surface area contributed by atoms with Gasteiger partial charge in [-0.3, -0.25) is 9.36 Å². The summed E-state index contributed by atoms with van der Waals surface area (Å²) >= 11 is 2.97. The zero-order valence-corrected chi connectivity index (χ0v) is 22.7. The number of hydrogen-bond donors (Lipinski definition) is 4. The second-order valence-electron chi connectivity index (χ2n) is 7.50. The van der Waals surface area contributed by atoms with E-state index in [0.29, 0.717) is 3.57 Å². The summed E-state index contributed by atoms with van der Waals surface area (Å²) in [6.45, 7) is 1.09. The molecule has 1 aliphatic rings. The van der Waals surface area contributed by atoms with Crippen molar-refractivity contribution in [2.45, 2.75) is 35.9 Å². The molecule has 13 nitrogen and oxygen atoms in total. The van der Waals surface area contributed by atoms with Crippen molar-refractivity contribution in [2.24, 2.45) is 0 Å². The zero-order chi connectivity index (χ0) is 26.6. The Labute approximate surface area is 222 Å². The predicted octanol–water partition coefficient (Wildman–Crippen LogP) is 1.38. The minimum Gasteiger partial charge on any atom is -0.488 e. The molecule has 0 saturated carbocycles. The Morgan fingerprint density at radius 3 is 2.81 bits per heavy atom. The van der Waals surface area contributed by atoms with E-state index in [9.17, 15) is 28.5 Å². The number of anilines is 1. The van der Waals surface area contributed by atoms with Gasteiger partial charge in [-0.05, 0) is 53.8 Å². The summed E-state index contributed by atoms with van der Waals surface area (Å²) in [5.41, 5.74) is 4.72. The number of hydrogen-bond acceptors (Lipinski definition) is 11. The first-order chi connectivity index (χ1) is 16.9. The fourth-order valence-corrected chi connectivity index (χ4v) is 5.81. The van der Waals surface area contributed by atoms with Crippen molar-refractivity contribution in [1.29, 1.82) is 0 Å². The van der Waals surface area contributed by atoms with Crippen molar-refractivity contribution in [2.75, 3.05) is 19.5 Å². The van der Waals surface area contributed by atoms with E-state index in [1.165, 1.54) is 31.3 Å². The molecule has 0 amide bonds. The zero-order valence-electron chi connectivity index (χ0n) is 18.8. The van der Waals surface area contributed by atoms with Crippen LogP contribution in [0.25, 0.3) is 0 Å². The Kier molecular flexibility index (Phi) is 9.59. The minimum absolute atomic E-state index is 0.00843. The molecule has 6 atom stereocenters. The Morgan fingerprint density at radius 1 is 1.42 bits per heavy atom. The van der Waals surface area contributed by atoms with E-state index in [4.69, 9.17) is 15.4 Å². The molecule has 1 aromatic carbocycles. The highest BCUT2D eigenvalue weighted by atomic mass is 127. The van der Waals surface area contributed by atoms with Gasteiger partial charge in [0.05, 0.1) is 12.4 Å². The molecule has 0 spiro atoms. The van der Waals surface area contributed by atoms with Gasteiger partial charge in [0.2, 0.25) is 5.75 Å². The van der Waals surface area contributed by atoms with E-state index in [2.05, 4.69) is 19.5 Å². The fraction of sp³-hybridized carbons (Fsp3) is 0.421. The van der Waals surface area contributed by atoms with E-state index >= 15 is 0 Å². The van der Waals surface area contributed by atoms with Gasteiger partial charge in [0.15, 0.2) is 11.9 Å². The lowest BCUT2D eigenvalue weighted by molar-refractivity contribution is -0.143. The standard InChI is InChI=1S/C19H23FIN4O9PS/c1-9(18(27)31-2)24-35(29,30)34-33-11-4-3-10(21)7-12(11)32-8-13-16(26)15(20)17(36-13)25-6-5-14(22)23-19(25)28/h3-7,9,13,15-17,26H,8H2,1-2H3,(H2,22,23,28)(H2,24,29,30)/t9-,13+,15-,16+,17+/m0/s1. The molecule has 0 aliphatic carbocycles. The van der Waals surface area contributed by atoms with Crippen molar-refractivity contribution in [3.63, 3.8) is 0 Å². The molecule has 1 unspecified atom stereocenters. The number of halogens is 2. The fourth-order valence-electron chi connectivity index (χ4n) is 3.11. The molecule has 1 aromatic heterocycles. The molecular formula is C19H23FIN4O9PS. The largest absolute Gasteiger partial charge is 0.488 e. The quantitative estimate of drug-likeness (QED) is 0.0944. The second-order valence-corrected chi connectivity index (χ2v) is 11.6. The van der Waals surface area contributed by atoms with E-state index in [-0.39, 0.29) is 23.9 Å². The molecule has 0 bridgehead atoms. The van der Waals surface area contributed by atoms with E-state index < -0.39 is 48.3 Å². The van der Waals surface area contributed by atoms with Crippen molar-refractivity contribution in [3.05, 3.63) is 44.5 Å². The number of esters is 1. The summed E-state index contributed by atoms with van der Waals surface area (Å²) in [6, 6.07) is 4.72. The van der Waals surface area contributed by atoms with Crippen LogP contribution in [0.5, 0.6) is 11.5 Å². The summed E-state index contributed by atoms with van der Waals surface area (Å²) in [7, 11) is -3.47. The Morgan fingerprint density at radius 2 is 2.14 bits per heavy atom. The van der Waals surface area contributed by atoms with Gasteiger partial charge in [-0.2, -0.15) is 4.98 Å². The third-order valence-electron chi connectivity index (χ3n) is 4.87. The summed E-state index contributed by atoms with van der Waals surface area (Å²) in [4.78, 5) is 42.0. The predicted molar refractivity (Wildman–Crippen MR) is 135 cm³/mol. The summed E-state index contributed by atoms with van der Waals surface area (Å²) < 4.78 is 43.5. The number of nitrogens with two attached hydrogens (primary N) is 1. The van der Waals surface area contributed by atoms with Crippen LogP contribution in [0.3, 0.4) is 0 Å². The SMILES string of the molecule is COC(=O)[C@H](C)NP(=O)(O)OOc1ccc(I)cc1OC[C@H]1S[C@@H](n2ccc(N)nc2=O)[C@@H](F)[C@@H]1O. The van der Waals surface area contributed by atoms with Crippen molar-refractivity contribution in [3.8, 4) is 11.5 Å². The smallest absolute Gasteiger partial charge is 0.440 e. The minimum atomic E-state index is -4.59. The van der Waals surface area contributed by atoms with Crippen LogP contribution in [0.4, 0.5) is 10.2 Å². The van der Waals surface area contributed by atoms with Crippen LogP contribution in [0, 0.1) is 3.57 Å². The van der Waals surface area contributed by atoms with Gasteiger partial charge in [0.25, 0.3) is 0 Å². The summed E-state index contributed by atoms with van der Waals surface area (Å²) in [6.07, 6.45) is -1.95. The number of nitrogen functional groups attached to an aromatic ring is 1. The van der Waals surface area contributed by atoms with Gasteiger partial charge in [0, 0.05) is 9.77 Å². The van der Waals surface area contributed by atoms with Gasteiger partial charge >= 0.3 is 19.4 Å². The molecule has 2 heterocycles. The van der Waals surface area contributed by atoms with E-state index in [1.807, 2.05) is 22.6 Å². The number of carbonyl (C=O) groups is 1. The average molecular weight is 660 g/mol. The lowest BCUT2D eigenvalue weighted by Gasteiger charge is -2.19. The van der Waals surface area contributed by atoms with Gasteiger partial charge in [-0.25, -0.2) is 18.8 Å². The van der Waals surface area contributed by atoms with Crippen molar-refractivity contribution >= 4 is 53.9 Å². The maximum absolute atomic E-state index is 14.8. The Hall–Kier alpha value is -1.95. The number of nitrogens with one attached hydrogen (secondary N) is 1. The highest BCUT2D eigenvalue weighted by Crippen LogP contribution is 2.44. The van der Waals surface area contributed by atoms with Gasteiger partial charge in [-0.15, -0.1) is 11.8 Å². The number of carbonyl (C=O) groups excluding carboxylic acids is 1. The average Bonchev–Trinajstić information content (AvgIpc) is 3.09. The molecule has 2 aromatic rings. The number of rotatable bonds is 10. The molecule has 1 fully saturated rings. The third-order valence-corrected chi connectivity index (χ3v) is 8.06. The van der Waals surface area contributed by atoms with E-state index in [0.717, 1.165) is 23.4 Å². The van der Waals surface area contributed by atoms with Gasteiger partial charge in [0.1, 0.15) is 29.9 Å². The first-order valence-corrected chi connectivity index (χ1v) is 13.8. The molecule has 1 aliphatic heterocycles. The normalized spacial score (nSPS) is 24.1. The van der Waals surface area contributed by atoms with Crippen LogP contribution in [0.1, 0.15) is 12.3 Å². The monoisotopic (exact) mass is 660 g/mol. The molecule has 1 saturated heterocycles. The van der Waals surface area contributed by atoms with E-state index in [1.54, 1.807) is 6.07 Å². The van der Waals surface area contributed by atoms with Crippen LogP contribution in [-0.2, 0) is 18.8 Å². The molecule has 3 rings (SSSR count). The number of aliphatic hydroxyl groups is 1. The summed E-state index contributed by atoms with van der Waals surface area (Å²) in [5.74, 6) is -0.825. The topological polar surface area (TPSA) is 184 Å². The molecule has 198 valence electrons. The first kappa shape index (κ1) is 28.6. The Bertz CT molecular complexity index is 1210. The highest BCUT2D eigenvalue weighted by molar-refractivity contribution is 14.1. The number of thioether (sulfide) groups is 1. The number of nitrogens with zero attached hydrogens (tertiary/aromatic N) is 2. The van der Waals surface area contributed by atoms with Crippen molar-refractivity contribution in [1.82, 2.24) is 14.6 Å². The molecular weight excluding hydrogens is 637 g/mol. The lowest BCUT2D eigenvalue weighted by atomic mass is 10.1. The number of aromatic nitrogens is 2. The number of benzene rings is 1. The van der Waals surface area contributed by atoms with Crippen LogP contribution < -0.4 is 26.1 Å². The number of aliphatic hydroxyl groups excluding tert-OH is 1. The van der Waals surface area contributed by atoms with Gasteiger partial charge in [-0.1, -0.05) is 4.67 Å². The lowest BCUT2D eigenvalue weighted by Crippen LogP contribution is -2.34. The maximum atomic E-state index is 14.8. The van der Waals surface area contributed by atoms with Gasteiger partial charge < -0.3 is 30.1 Å². The van der Waals surface area contributed by atoms with Crippen LogP contribution in [-0.4, -0.2) is 62.8 Å². The number of ether oxygens (including phenoxy) is 2. The maximum Gasteiger partial charge on any atom is 0.440 e. The Balaban J connectivity index is 1.67. The highest BCUT2D eigenvalue weighted by Gasteiger charge is 2.45. The molecule has 0 radical (unpaired) electrons. The van der Waals surface area contributed by atoms with Crippen molar-refractivity contribution < 1.29 is 42.8 Å². The first-order valence-electron chi connectivity index (χ1n) is 10.2. The van der Waals surface area contributed by atoms with Crippen LogP contribution in [0.15, 0.2) is 35.3 Å².